The molecule has 0 amide bonds. The Morgan fingerprint density at radius 1 is 1.53 bits per heavy atom. The minimum absolute atomic E-state index is 0.439. The summed E-state index contributed by atoms with van der Waals surface area (Å²) in [6, 6.07) is 4.21. The summed E-state index contributed by atoms with van der Waals surface area (Å²) in [4.78, 5) is 10.0. The van der Waals surface area contributed by atoms with Crippen molar-refractivity contribution in [2.24, 2.45) is 0 Å². The average molecular weight is 270 g/mol. The van der Waals surface area contributed by atoms with Crippen LogP contribution in [0.3, 0.4) is 0 Å². The fourth-order valence-electron chi connectivity index (χ4n) is 1.89. The van der Waals surface area contributed by atoms with E-state index in [-0.39, 0.29) is 0 Å². The molecule has 80 valence electrons. The Labute approximate surface area is 96.9 Å². The van der Waals surface area contributed by atoms with Gasteiger partial charge < -0.3 is 10.1 Å². The van der Waals surface area contributed by atoms with Crippen molar-refractivity contribution in [2.45, 2.75) is 12.8 Å². The number of anilines is 1. The monoisotopic (exact) mass is 269 g/mol. The third-order valence-electron chi connectivity index (χ3n) is 2.52. The van der Waals surface area contributed by atoms with Crippen LogP contribution >= 0.6 is 15.9 Å². The van der Waals surface area contributed by atoms with Gasteiger partial charge in [0.15, 0.2) is 0 Å². The highest BCUT2D eigenvalue weighted by atomic mass is 79.9. The maximum atomic E-state index is 10.0. The van der Waals surface area contributed by atoms with Crippen LogP contribution in [0.15, 0.2) is 16.6 Å². The number of hydrogen-bond acceptors (Lipinski definition) is 3. The highest BCUT2D eigenvalue weighted by Gasteiger charge is 2.14. The number of nitrogens with one attached hydrogen (secondary N) is 1. The lowest BCUT2D eigenvalue weighted by molar-refractivity contribution is -0.128. The molecule has 1 N–H and O–H groups in total. The summed E-state index contributed by atoms with van der Waals surface area (Å²) in [5, 5.41) is 3.36. The van der Waals surface area contributed by atoms with Crippen LogP contribution in [0.4, 0.5) is 5.69 Å². The largest absolute Gasteiger partial charge is 0.468 e. The molecular formula is C11H12BrNO2. The number of rotatable bonds is 4. The second-order valence-corrected chi connectivity index (χ2v) is 4.41. The van der Waals surface area contributed by atoms with Crippen LogP contribution in [0.25, 0.3) is 0 Å². The van der Waals surface area contributed by atoms with Crippen molar-refractivity contribution in [3.05, 3.63) is 27.7 Å². The van der Waals surface area contributed by atoms with Gasteiger partial charge >= 0.3 is 0 Å². The molecule has 1 heterocycles. The van der Waals surface area contributed by atoms with Crippen molar-refractivity contribution in [3.63, 3.8) is 0 Å². The van der Waals surface area contributed by atoms with Crippen LogP contribution in [0.2, 0.25) is 0 Å². The molecule has 0 radical (unpaired) electrons. The molecule has 1 aliphatic heterocycles. The number of carbonyl (C=O) groups excluding carboxylic acids is 1. The summed E-state index contributed by atoms with van der Waals surface area (Å²) in [6.07, 6.45) is 1.82. The van der Waals surface area contributed by atoms with E-state index in [2.05, 4.69) is 33.4 Å². The van der Waals surface area contributed by atoms with Gasteiger partial charge in [-0.3, -0.25) is 4.79 Å². The predicted octanol–water partition coefficient (Wildman–Crippen LogP) is 2.13. The molecule has 1 aromatic rings. The quantitative estimate of drug-likeness (QED) is 0.673. The lowest BCUT2D eigenvalue weighted by Gasteiger charge is -2.09. The molecule has 1 aromatic carbocycles. The van der Waals surface area contributed by atoms with E-state index in [1.807, 2.05) is 0 Å². The minimum Gasteiger partial charge on any atom is -0.468 e. The average Bonchev–Trinajstić information content (AvgIpc) is 2.65. The molecule has 0 bridgehead atoms. The SMILES string of the molecule is O=COCCc1cc(Br)cc2c1NCC2. The lowest BCUT2D eigenvalue weighted by atomic mass is 10.1. The van der Waals surface area contributed by atoms with Gasteiger partial charge in [-0.05, 0) is 29.7 Å². The first-order valence-electron chi connectivity index (χ1n) is 4.91. The van der Waals surface area contributed by atoms with Crippen molar-refractivity contribution in [1.82, 2.24) is 0 Å². The zero-order chi connectivity index (χ0) is 10.7. The van der Waals surface area contributed by atoms with Crippen molar-refractivity contribution in [2.75, 3.05) is 18.5 Å². The molecular weight excluding hydrogens is 258 g/mol. The summed E-state index contributed by atoms with van der Waals surface area (Å²) in [5.41, 5.74) is 3.76. The van der Waals surface area contributed by atoms with E-state index in [0.717, 1.165) is 23.9 Å². The van der Waals surface area contributed by atoms with Gasteiger partial charge in [-0.15, -0.1) is 0 Å². The maximum absolute atomic E-state index is 10.0. The summed E-state index contributed by atoms with van der Waals surface area (Å²) in [6.45, 7) is 1.92. The van der Waals surface area contributed by atoms with Crippen molar-refractivity contribution < 1.29 is 9.53 Å². The minimum atomic E-state index is 0.439. The molecule has 0 atom stereocenters. The Bertz CT molecular complexity index is 379. The summed E-state index contributed by atoms with van der Waals surface area (Å²) < 4.78 is 5.80. The van der Waals surface area contributed by atoms with Crippen LogP contribution in [0.1, 0.15) is 11.1 Å². The van der Waals surface area contributed by atoms with Crippen LogP contribution < -0.4 is 5.32 Å². The second kappa shape index (κ2) is 4.66. The van der Waals surface area contributed by atoms with Crippen LogP contribution in [0.5, 0.6) is 0 Å². The summed E-state index contributed by atoms with van der Waals surface area (Å²) in [5.74, 6) is 0. The standard InChI is InChI=1S/C11H12BrNO2/c12-10-5-8-1-3-13-11(8)9(6-10)2-4-15-7-14/h5-7,13H,1-4H2. The second-order valence-electron chi connectivity index (χ2n) is 3.49. The van der Waals surface area contributed by atoms with E-state index in [1.54, 1.807) is 0 Å². The molecule has 3 nitrogen and oxygen atoms in total. The van der Waals surface area contributed by atoms with Gasteiger partial charge in [0.25, 0.3) is 6.47 Å². The molecule has 2 rings (SSSR count). The van der Waals surface area contributed by atoms with Crippen LogP contribution in [-0.4, -0.2) is 19.6 Å². The topological polar surface area (TPSA) is 38.3 Å². The van der Waals surface area contributed by atoms with Gasteiger partial charge in [-0.2, -0.15) is 0 Å². The smallest absolute Gasteiger partial charge is 0.293 e. The number of halogens is 1. The van der Waals surface area contributed by atoms with E-state index >= 15 is 0 Å². The first-order chi connectivity index (χ1) is 7.31. The van der Waals surface area contributed by atoms with Crippen LogP contribution in [0, 0.1) is 0 Å². The number of ether oxygens (including phenoxy) is 1. The van der Waals surface area contributed by atoms with Gasteiger partial charge in [-0.25, -0.2) is 0 Å². The molecule has 0 saturated heterocycles. The van der Waals surface area contributed by atoms with E-state index in [4.69, 9.17) is 4.74 Å². The van der Waals surface area contributed by atoms with Gasteiger partial charge in [0.05, 0.1) is 6.61 Å². The van der Waals surface area contributed by atoms with Gasteiger partial charge in [0.2, 0.25) is 0 Å². The Morgan fingerprint density at radius 2 is 2.40 bits per heavy atom. The van der Waals surface area contributed by atoms with E-state index in [9.17, 15) is 4.79 Å². The van der Waals surface area contributed by atoms with Crippen LogP contribution in [-0.2, 0) is 22.4 Å². The van der Waals surface area contributed by atoms with Crippen molar-refractivity contribution in [3.8, 4) is 0 Å². The molecule has 15 heavy (non-hydrogen) atoms. The molecule has 0 unspecified atom stereocenters. The fraction of sp³-hybridized carbons (Fsp3) is 0.364. The maximum Gasteiger partial charge on any atom is 0.293 e. The third-order valence-corrected chi connectivity index (χ3v) is 2.98. The molecule has 0 aromatic heterocycles. The Balaban J connectivity index is 2.18. The third kappa shape index (κ3) is 2.31. The van der Waals surface area contributed by atoms with E-state index < -0.39 is 0 Å². The Morgan fingerprint density at radius 3 is 3.20 bits per heavy atom. The normalized spacial score (nSPS) is 13.1. The number of benzene rings is 1. The molecule has 0 aliphatic carbocycles. The van der Waals surface area contributed by atoms with Gasteiger partial charge in [-0.1, -0.05) is 15.9 Å². The summed E-state index contributed by atoms with van der Waals surface area (Å²) in [7, 11) is 0. The Kier molecular flexibility index (Phi) is 3.26. The zero-order valence-corrected chi connectivity index (χ0v) is 9.84. The first-order valence-corrected chi connectivity index (χ1v) is 5.71. The summed E-state index contributed by atoms with van der Waals surface area (Å²) >= 11 is 3.49. The highest BCUT2D eigenvalue weighted by molar-refractivity contribution is 9.10. The molecule has 0 saturated carbocycles. The number of carbonyl (C=O) groups is 1. The molecule has 0 spiro atoms. The Hall–Kier alpha value is -1.03. The van der Waals surface area contributed by atoms with Gasteiger partial charge in [0.1, 0.15) is 0 Å². The first kappa shape index (κ1) is 10.5. The fourth-order valence-corrected chi connectivity index (χ4v) is 2.44. The van der Waals surface area contributed by atoms with E-state index in [1.165, 1.54) is 16.8 Å². The number of hydrogen-bond donors (Lipinski definition) is 1. The molecule has 0 fully saturated rings. The van der Waals surface area contributed by atoms with Crippen molar-refractivity contribution in [1.29, 1.82) is 0 Å². The molecule has 1 aliphatic rings. The zero-order valence-electron chi connectivity index (χ0n) is 8.25. The van der Waals surface area contributed by atoms with Crippen molar-refractivity contribution >= 4 is 28.1 Å². The van der Waals surface area contributed by atoms with Gasteiger partial charge in [0, 0.05) is 23.1 Å². The van der Waals surface area contributed by atoms with E-state index in [0.29, 0.717) is 13.1 Å². The molecule has 4 heteroatoms. The highest BCUT2D eigenvalue weighted by Crippen LogP contribution is 2.30. The lowest BCUT2D eigenvalue weighted by Crippen LogP contribution is -2.01. The number of fused-ring (bicyclic) bond motifs is 1. The predicted molar refractivity (Wildman–Crippen MR) is 62.1 cm³/mol.